The predicted octanol–water partition coefficient (Wildman–Crippen LogP) is 0.585. The van der Waals surface area contributed by atoms with Crippen molar-refractivity contribution in [2.45, 2.75) is 39.6 Å². The van der Waals surface area contributed by atoms with Gasteiger partial charge in [0.15, 0.2) is 0 Å². The summed E-state index contributed by atoms with van der Waals surface area (Å²) < 4.78 is 4.58. The lowest BCUT2D eigenvalue weighted by Gasteiger charge is -2.16. The normalized spacial score (nSPS) is 26.4. The molecule has 14 heavy (non-hydrogen) atoms. The minimum absolute atomic E-state index is 0.0159. The van der Waals surface area contributed by atoms with Crippen LogP contribution in [0.15, 0.2) is 11.1 Å². The molecule has 0 aromatic carbocycles. The van der Waals surface area contributed by atoms with E-state index in [4.69, 9.17) is 0 Å². The summed E-state index contributed by atoms with van der Waals surface area (Å²) in [6.45, 7) is 5.37. The topological polar surface area (TPSA) is 66.8 Å². The SMILES string of the molecule is CCC(C)C(O)C1=C(C)C(O)OC1=O. The van der Waals surface area contributed by atoms with E-state index in [0.717, 1.165) is 6.42 Å². The Bertz CT molecular complexity index is 269. The molecule has 4 nitrogen and oxygen atoms in total. The number of hydrogen-bond acceptors (Lipinski definition) is 4. The molecule has 0 aromatic heterocycles. The number of carbonyl (C=O) groups excluding carboxylic acids is 1. The van der Waals surface area contributed by atoms with Gasteiger partial charge in [-0.25, -0.2) is 4.79 Å². The molecule has 2 N–H and O–H groups in total. The van der Waals surface area contributed by atoms with E-state index in [1.807, 2.05) is 13.8 Å². The second-order valence-electron chi connectivity index (χ2n) is 3.68. The first-order chi connectivity index (χ1) is 6.49. The van der Waals surface area contributed by atoms with Crippen LogP contribution < -0.4 is 0 Å². The van der Waals surface area contributed by atoms with Crippen molar-refractivity contribution >= 4 is 5.97 Å². The molecule has 0 saturated carbocycles. The van der Waals surface area contributed by atoms with Crippen molar-refractivity contribution in [1.29, 1.82) is 0 Å². The number of ether oxygens (including phenoxy) is 1. The summed E-state index contributed by atoms with van der Waals surface area (Å²) >= 11 is 0. The van der Waals surface area contributed by atoms with E-state index in [9.17, 15) is 15.0 Å². The Hall–Kier alpha value is -0.870. The molecular weight excluding hydrogens is 184 g/mol. The highest BCUT2D eigenvalue weighted by Crippen LogP contribution is 2.27. The maximum Gasteiger partial charge on any atom is 0.339 e. The van der Waals surface area contributed by atoms with Crippen LogP contribution in [-0.2, 0) is 9.53 Å². The average Bonchev–Trinajstić information content (AvgIpc) is 2.39. The quantitative estimate of drug-likeness (QED) is 0.654. The van der Waals surface area contributed by atoms with Crippen molar-refractivity contribution in [2.24, 2.45) is 5.92 Å². The van der Waals surface area contributed by atoms with Gasteiger partial charge in [-0.15, -0.1) is 0 Å². The molecule has 0 fully saturated rings. The van der Waals surface area contributed by atoms with Gasteiger partial charge in [-0.1, -0.05) is 20.3 Å². The Balaban J connectivity index is 2.90. The molecule has 0 aromatic rings. The number of rotatable bonds is 3. The average molecular weight is 200 g/mol. The summed E-state index contributed by atoms with van der Waals surface area (Å²) in [5.74, 6) is -0.624. The third-order valence-corrected chi connectivity index (χ3v) is 2.71. The van der Waals surface area contributed by atoms with E-state index < -0.39 is 18.4 Å². The molecule has 1 heterocycles. The van der Waals surface area contributed by atoms with E-state index in [1.54, 1.807) is 6.92 Å². The molecule has 1 aliphatic rings. The highest BCUT2D eigenvalue weighted by molar-refractivity contribution is 5.93. The minimum Gasteiger partial charge on any atom is -0.428 e. The number of aliphatic hydroxyl groups excluding tert-OH is 2. The van der Waals surface area contributed by atoms with Crippen LogP contribution in [0.3, 0.4) is 0 Å². The van der Waals surface area contributed by atoms with E-state index in [0.29, 0.717) is 5.57 Å². The number of hydrogen-bond donors (Lipinski definition) is 2. The van der Waals surface area contributed by atoms with Crippen LogP contribution in [0.5, 0.6) is 0 Å². The Morgan fingerprint density at radius 3 is 2.50 bits per heavy atom. The van der Waals surface area contributed by atoms with E-state index in [2.05, 4.69) is 4.74 Å². The van der Waals surface area contributed by atoms with Crippen molar-refractivity contribution in [3.8, 4) is 0 Å². The summed E-state index contributed by atoms with van der Waals surface area (Å²) in [4.78, 5) is 11.3. The molecule has 3 unspecified atom stereocenters. The van der Waals surface area contributed by atoms with Gasteiger partial charge in [0.1, 0.15) is 0 Å². The van der Waals surface area contributed by atoms with Gasteiger partial charge < -0.3 is 14.9 Å². The lowest BCUT2D eigenvalue weighted by Crippen LogP contribution is -2.23. The lowest BCUT2D eigenvalue weighted by atomic mass is 9.93. The van der Waals surface area contributed by atoms with Crippen LogP contribution in [-0.4, -0.2) is 28.6 Å². The molecule has 4 heteroatoms. The first-order valence-electron chi connectivity index (χ1n) is 4.76. The third kappa shape index (κ3) is 1.81. The van der Waals surface area contributed by atoms with Crippen molar-refractivity contribution in [1.82, 2.24) is 0 Å². The first-order valence-corrected chi connectivity index (χ1v) is 4.76. The maximum atomic E-state index is 11.3. The molecule has 0 radical (unpaired) electrons. The van der Waals surface area contributed by atoms with Crippen LogP contribution >= 0.6 is 0 Å². The van der Waals surface area contributed by atoms with Crippen molar-refractivity contribution < 1.29 is 19.7 Å². The summed E-state index contributed by atoms with van der Waals surface area (Å²) in [6, 6.07) is 0. The molecule has 0 bridgehead atoms. The number of cyclic esters (lactones) is 1. The van der Waals surface area contributed by atoms with Gasteiger partial charge in [0, 0.05) is 5.57 Å². The maximum absolute atomic E-state index is 11.3. The Labute approximate surface area is 83.2 Å². The molecule has 0 amide bonds. The van der Waals surface area contributed by atoms with Crippen LogP contribution in [0.2, 0.25) is 0 Å². The van der Waals surface area contributed by atoms with Gasteiger partial charge in [-0.2, -0.15) is 0 Å². The molecular formula is C10H16O4. The molecule has 1 aliphatic heterocycles. The van der Waals surface area contributed by atoms with Crippen LogP contribution in [0, 0.1) is 5.92 Å². The zero-order chi connectivity index (χ0) is 10.9. The second kappa shape index (κ2) is 4.11. The third-order valence-electron chi connectivity index (χ3n) is 2.71. The van der Waals surface area contributed by atoms with Crippen molar-refractivity contribution in [3.05, 3.63) is 11.1 Å². The Kier molecular flexibility index (Phi) is 3.29. The first kappa shape index (κ1) is 11.2. The second-order valence-corrected chi connectivity index (χ2v) is 3.68. The highest BCUT2D eigenvalue weighted by atomic mass is 16.6. The van der Waals surface area contributed by atoms with E-state index in [-0.39, 0.29) is 11.5 Å². The molecule has 0 spiro atoms. The zero-order valence-electron chi connectivity index (χ0n) is 8.65. The van der Waals surface area contributed by atoms with E-state index >= 15 is 0 Å². The van der Waals surface area contributed by atoms with Crippen molar-refractivity contribution in [3.63, 3.8) is 0 Å². The Morgan fingerprint density at radius 2 is 2.14 bits per heavy atom. The van der Waals surface area contributed by atoms with Gasteiger partial charge in [-0.3, -0.25) is 0 Å². The molecule has 0 saturated heterocycles. The van der Waals surface area contributed by atoms with Gasteiger partial charge in [0.2, 0.25) is 6.29 Å². The van der Waals surface area contributed by atoms with Crippen molar-refractivity contribution in [2.75, 3.05) is 0 Å². The fraction of sp³-hybridized carbons (Fsp3) is 0.700. The summed E-state index contributed by atoms with van der Waals surface area (Å²) in [5.41, 5.74) is 0.634. The lowest BCUT2D eigenvalue weighted by molar-refractivity contribution is -0.152. The Morgan fingerprint density at radius 1 is 1.57 bits per heavy atom. The minimum atomic E-state index is -1.18. The van der Waals surface area contributed by atoms with Gasteiger partial charge in [0.05, 0.1) is 11.7 Å². The molecule has 3 atom stereocenters. The highest BCUT2D eigenvalue weighted by Gasteiger charge is 2.35. The fourth-order valence-electron chi connectivity index (χ4n) is 1.41. The fourth-order valence-corrected chi connectivity index (χ4v) is 1.41. The predicted molar refractivity (Wildman–Crippen MR) is 50.3 cm³/mol. The zero-order valence-corrected chi connectivity index (χ0v) is 8.65. The summed E-state index contributed by atoms with van der Waals surface area (Å²) in [7, 11) is 0. The number of aliphatic hydroxyl groups is 2. The monoisotopic (exact) mass is 200 g/mol. The van der Waals surface area contributed by atoms with E-state index in [1.165, 1.54) is 0 Å². The molecule has 80 valence electrons. The summed E-state index contributed by atoms with van der Waals surface area (Å²) in [6.07, 6.45) is -1.26. The van der Waals surface area contributed by atoms with Gasteiger partial charge in [0.25, 0.3) is 0 Å². The van der Waals surface area contributed by atoms with Crippen LogP contribution in [0.4, 0.5) is 0 Å². The number of carbonyl (C=O) groups is 1. The van der Waals surface area contributed by atoms with Gasteiger partial charge in [-0.05, 0) is 12.8 Å². The number of esters is 1. The standard InChI is InChI=1S/C10H16O4/c1-4-5(2)8(11)7-6(3)9(12)14-10(7)13/h5,8-9,11-12H,4H2,1-3H3. The molecule has 1 rings (SSSR count). The van der Waals surface area contributed by atoms with Crippen LogP contribution in [0.1, 0.15) is 27.2 Å². The van der Waals surface area contributed by atoms with Crippen LogP contribution in [0.25, 0.3) is 0 Å². The largest absolute Gasteiger partial charge is 0.428 e. The van der Waals surface area contributed by atoms with Gasteiger partial charge >= 0.3 is 5.97 Å². The summed E-state index contributed by atoms with van der Waals surface area (Å²) in [5, 5.41) is 19.0. The molecule has 0 aliphatic carbocycles. The smallest absolute Gasteiger partial charge is 0.339 e.